The molecule has 0 bridgehead atoms. The summed E-state index contributed by atoms with van der Waals surface area (Å²) in [6, 6.07) is 9.40. The van der Waals surface area contributed by atoms with Crippen molar-refractivity contribution in [3.8, 4) is 11.5 Å². The van der Waals surface area contributed by atoms with Crippen molar-refractivity contribution in [2.45, 2.75) is 27.4 Å². The van der Waals surface area contributed by atoms with Crippen molar-refractivity contribution < 1.29 is 19.4 Å². The van der Waals surface area contributed by atoms with E-state index in [1.807, 2.05) is 13.8 Å². The summed E-state index contributed by atoms with van der Waals surface area (Å²) in [4.78, 5) is 11.6. The number of ether oxygens (including phenoxy) is 2. The smallest absolute Gasteiger partial charge is 0.338 e. The number of benzene rings is 2. The summed E-state index contributed by atoms with van der Waals surface area (Å²) in [5.74, 6) is -0.389. The fraction of sp³-hybridized carbons (Fsp3) is 0.278. The molecule has 0 aliphatic rings. The minimum absolute atomic E-state index is 0.143. The molecule has 0 atom stereocenters. The first-order valence-corrected chi connectivity index (χ1v) is 8.33. The molecule has 0 spiro atoms. The lowest BCUT2D eigenvalue weighted by atomic mass is 10.2. The average molecular weight is 371 g/mol. The molecule has 4 nitrogen and oxygen atoms in total. The third-order valence-electron chi connectivity index (χ3n) is 2.87. The third kappa shape index (κ3) is 5.62. The quantitative estimate of drug-likeness (QED) is 0.707. The Bertz CT molecular complexity index is 687. The number of halogens is 2. The monoisotopic (exact) mass is 370 g/mol. The van der Waals surface area contributed by atoms with E-state index in [1.165, 1.54) is 18.2 Å². The van der Waals surface area contributed by atoms with Gasteiger partial charge in [-0.15, -0.1) is 0 Å². The zero-order valence-electron chi connectivity index (χ0n) is 13.8. The molecule has 0 saturated carbocycles. The highest BCUT2D eigenvalue weighted by molar-refractivity contribution is 6.35. The van der Waals surface area contributed by atoms with Crippen molar-refractivity contribution in [3.05, 3.63) is 57.6 Å². The topological polar surface area (TPSA) is 55.8 Å². The van der Waals surface area contributed by atoms with Crippen LogP contribution in [0.4, 0.5) is 0 Å². The first-order valence-electron chi connectivity index (χ1n) is 7.58. The maximum Gasteiger partial charge on any atom is 0.338 e. The predicted molar refractivity (Wildman–Crippen MR) is 96.2 cm³/mol. The second-order valence-corrected chi connectivity index (χ2v) is 5.27. The standard InChI is InChI=1S/C16H14Cl2O4.C2H6/c1-2-21-16(20)10-4-6-15(14(19)7-10)22-9-11-3-5-12(17)8-13(11)18;1-2/h3-8,19H,2,9H2,1H3;1-2H3. The molecule has 0 fully saturated rings. The number of phenols is 1. The number of rotatable bonds is 5. The first-order chi connectivity index (χ1) is 11.5. The molecule has 130 valence electrons. The van der Waals surface area contributed by atoms with Crippen LogP contribution in [-0.4, -0.2) is 17.7 Å². The van der Waals surface area contributed by atoms with E-state index in [0.29, 0.717) is 10.0 Å². The van der Waals surface area contributed by atoms with Crippen LogP contribution in [0.2, 0.25) is 10.0 Å². The van der Waals surface area contributed by atoms with E-state index in [2.05, 4.69) is 0 Å². The molecule has 2 aromatic carbocycles. The van der Waals surface area contributed by atoms with Crippen LogP contribution in [0.15, 0.2) is 36.4 Å². The van der Waals surface area contributed by atoms with Crippen molar-refractivity contribution in [2.75, 3.05) is 6.61 Å². The molecule has 2 rings (SSSR count). The Labute approximate surface area is 151 Å². The van der Waals surface area contributed by atoms with Gasteiger partial charge in [-0.2, -0.15) is 0 Å². The highest BCUT2D eigenvalue weighted by Crippen LogP contribution is 2.29. The molecular formula is C18H20Cl2O4. The van der Waals surface area contributed by atoms with E-state index in [0.717, 1.165) is 5.56 Å². The number of carbonyl (C=O) groups excluding carboxylic acids is 1. The van der Waals surface area contributed by atoms with Gasteiger partial charge in [-0.25, -0.2) is 4.79 Å². The number of esters is 1. The maximum atomic E-state index is 11.6. The summed E-state index contributed by atoms with van der Waals surface area (Å²) in [6.07, 6.45) is 0. The fourth-order valence-electron chi connectivity index (χ4n) is 1.78. The van der Waals surface area contributed by atoms with Gasteiger partial charge in [0.25, 0.3) is 0 Å². The van der Waals surface area contributed by atoms with Gasteiger partial charge < -0.3 is 14.6 Å². The van der Waals surface area contributed by atoms with E-state index < -0.39 is 5.97 Å². The van der Waals surface area contributed by atoms with Gasteiger partial charge in [0.05, 0.1) is 12.2 Å². The number of hydrogen-bond acceptors (Lipinski definition) is 4. The van der Waals surface area contributed by atoms with Gasteiger partial charge >= 0.3 is 5.97 Å². The van der Waals surface area contributed by atoms with Gasteiger partial charge in [0.2, 0.25) is 0 Å². The maximum absolute atomic E-state index is 11.6. The predicted octanol–water partition coefficient (Wildman–Crippen LogP) is 5.48. The molecular weight excluding hydrogens is 351 g/mol. The van der Waals surface area contributed by atoms with Crippen LogP contribution in [0.5, 0.6) is 11.5 Å². The Morgan fingerprint density at radius 2 is 1.83 bits per heavy atom. The second-order valence-electron chi connectivity index (χ2n) is 4.43. The zero-order valence-corrected chi connectivity index (χ0v) is 15.3. The largest absolute Gasteiger partial charge is 0.504 e. The zero-order chi connectivity index (χ0) is 18.1. The molecule has 2 aromatic rings. The molecule has 6 heteroatoms. The van der Waals surface area contributed by atoms with Crippen LogP contribution >= 0.6 is 23.2 Å². The van der Waals surface area contributed by atoms with Gasteiger partial charge in [0.15, 0.2) is 11.5 Å². The van der Waals surface area contributed by atoms with Crippen LogP contribution in [0.3, 0.4) is 0 Å². The summed E-state index contributed by atoms with van der Waals surface area (Å²) in [7, 11) is 0. The molecule has 0 radical (unpaired) electrons. The van der Waals surface area contributed by atoms with E-state index >= 15 is 0 Å². The van der Waals surface area contributed by atoms with E-state index in [1.54, 1.807) is 25.1 Å². The summed E-state index contributed by atoms with van der Waals surface area (Å²) in [6.45, 7) is 6.15. The van der Waals surface area contributed by atoms with Crippen LogP contribution < -0.4 is 4.74 Å². The lowest BCUT2D eigenvalue weighted by Gasteiger charge is -2.10. The molecule has 0 aromatic heterocycles. The van der Waals surface area contributed by atoms with Crippen LogP contribution in [0.25, 0.3) is 0 Å². The molecule has 0 heterocycles. The fourth-order valence-corrected chi connectivity index (χ4v) is 2.24. The third-order valence-corrected chi connectivity index (χ3v) is 3.46. The summed E-state index contributed by atoms with van der Waals surface area (Å²) in [5.41, 5.74) is 0.996. The van der Waals surface area contributed by atoms with Gasteiger partial charge in [-0.3, -0.25) is 0 Å². The lowest BCUT2D eigenvalue weighted by Crippen LogP contribution is -2.04. The number of phenolic OH excluding ortho intramolecular Hbond substituents is 1. The van der Waals surface area contributed by atoms with E-state index in [4.69, 9.17) is 32.7 Å². The number of aromatic hydroxyl groups is 1. The summed E-state index contributed by atoms with van der Waals surface area (Å²) >= 11 is 11.9. The van der Waals surface area contributed by atoms with Gasteiger partial charge in [-0.1, -0.05) is 43.1 Å². The van der Waals surface area contributed by atoms with Crippen molar-refractivity contribution in [1.82, 2.24) is 0 Å². The van der Waals surface area contributed by atoms with Crippen molar-refractivity contribution in [1.29, 1.82) is 0 Å². The Hall–Kier alpha value is -1.91. The molecule has 24 heavy (non-hydrogen) atoms. The highest BCUT2D eigenvalue weighted by atomic mass is 35.5. The first kappa shape index (κ1) is 20.1. The van der Waals surface area contributed by atoms with Crippen LogP contribution in [-0.2, 0) is 11.3 Å². The Morgan fingerprint density at radius 3 is 2.42 bits per heavy atom. The lowest BCUT2D eigenvalue weighted by molar-refractivity contribution is 0.0526. The van der Waals surface area contributed by atoms with Crippen LogP contribution in [0, 0.1) is 0 Å². The SMILES string of the molecule is CC.CCOC(=O)c1ccc(OCc2ccc(Cl)cc2Cl)c(O)c1. The molecule has 0 unspecified atom stereocenters. The van der Waals surface area contributed by atoms with Crippen molar-refractivity contribution in [2.24, 2.45) is 0 Å². The molecule has 1 N–H and O–H groups in total. The molecule has 0 aliphatic heterocycles. The number of hydrogen-bond donors (Lipinski definition) is 1. The summed E-state index contributed by atoms with van der Waals surface area (Å²) < 4.78 is 10.4. The minimum Gasteiger partial charge on any atom is -0.504 e. The number of carbonyl (C=O) groups is 1. The van der Waals surface area contributed by atoms with Crippen molar-refractivity contribution >= 4 is 29.2 Å². The van der Waals surface area contributed by atoms with Gasteiger partial charge in [0.1, 0.15) is 6.61 Å². The minimum atomic E-state index is -0.495. The Morgan fingerprint density at radius 1 is 1.12 bits per heavy atom. The average Bonchev–Trinajstić information content (AvgIpc) is 2.57. The molecule has 0 aliphatic carbocycles. The second kappa shape index (κ2) is 10.1. The Kier molecular flexibility index (Phi) is 8.44. The normalized spacial score (nSPS) is 9.71. The molecule has 0 amide bonds. The summed E-state index contributed by atoms with van der Waals surface area (Å²) in [5, 5.41) is 10.9. The van der Waals surface area contributed by atoms with Crippen LogP contribution in [0.1, 0.15) is 36.7 Å². The van der Waals surface area contributed by atoms with Gasteiger partial charge in [-0.05, 0) is 37.3 Å². The van der Waals surface area contributed by atoms with Gasteiger partial charge in [0, 0.05) is 15.6 Å². The van der Waals surface area contributed by atoms with Crippen molar-refractivity contribution in [3.63, 3.8) is 0 Å². The van der Waals surface area contributed by atoms with E-state index in [9.17, 15) is 9.90 Å². The Balaban J connectivity index is 0.00000139. The highest BCUT2D eigenvalue weighted by Gasteiger charge is 2.11. The molecule has 0 saturated heterocycles. The van der Waals surface area contributed by atoms with E-state index in [-0.39, 0.29) is 30.3 Å².